The first-order valence-corrected chi connectivity index (χ1v) is 8.03. The fourth-order valence-corrected chi connectivity index (χ4v) is 3.22. The average molecular weight is 325 g/mol. The molecule has 1 fully saturated rings. The van der Waals surface area contributed by atoms with Gasteiger partial charge in [0.2, 0.25) is 0 Å². The summed E-state index contributed by atoms with van der Waals surface area (Å²) in [5.41, 5.74) is 1.41. The first-order chi connectivity index (χ1) is 8.99. The van der Waals surface area contributed by atoms with Gasteiger partial charge >= 0.3 is 0 Å². The van der Waals surface area contributed by atoms with Gasteiger partial charge in [-0.05, 0) is 37.5 Å². The van der Waals surface area contributed by atoms with Gasteiger partial charge in [0, 0.05) is 35.7 Å². The quantitative estimate of drug-likeness (QED) is 0.909. The van der Waals surface area contributed by atoms with Crippen LogP contribution in [0.1, 0.15) is 39.3 Å². The molecule has 0 saturated carbocycles. The summed E-state index contributed by atoms with van der Waals surface area (Å²) in [7, 11) is 0. The highest BCUT2D eigenvalue weighted by Crippen LogP contribution is 2.28. The van der Waals surface area contributed by atoms with Crippen molar-refractivity contribution in [1.82, 2.24) is 10.2 Å². The molecule has 1 heterocycles. The Morgan fingerprint density at radius 3 is 2.42 bits per heavy atom. The largest absolute Gasteiger partial charge is 0.311 e. The van der Waals surface area contributed by atoms with Crippen molar-refractivity contribution in [3.05, 3.63) is 34.3 Å². The highest BCUT2D eigenvalue weighted by molar-refractivity contribution is 9.10. The fraction of sp³-hybridized carbons (Fsp3) is 0.625. The van der Waals surface area contributed by atoms with Crippen molar-refractivity contribution in [3.63, 3.8) is 0 Å². The van der Waals surface area contributed by atoms with Crippen LogP contribution in [0, 0.1) is 5.92 Å². The molecule has 0 bridgehead atoms. The van der Waals surface area contributed by atoms with E-state index in [1.807, 2.05) is 0 Å². The number of rotatable bonds is 3. The molecule has 19 heavy (non-hydrogen) atoms. The SMILES string of the molecule is CC1CN(C(C)c2ccc(Br)cc2)C(C(C)C)CN1. The third-order valence-electron chi connectivity index (χ3n) is 4.21. The summed E-state index contributed by atoms with van der Waals surface area (Å²) in [4.78, 5) is 2.66. The van der Waals surface area contributed by atoms with Gasteiger partial charge in [0.1, 0.15) is 0 Å². The fourth-order valence-electron chi connectivity index (χ4n) is 2.95. The van der Waals surface area contributed by atoms with E-state index in [0.29, 0.717) is 24.0 Å². The summed E-state index contributed by atoms with van der Waals surface area (Å²) in [6, 6.07) is 10.4. The molecule has 1 N–H and O–H groups in total. The third kappa shape index (κ3) is 3.59. The Kier molecular flexibility index (Phi) is 5.04. The van der Waals surface area contributed by atoms with Crippen LogP contribution in [0.4, 0.5) is 0 Å². The number of halogens is 1. The summed E-state index contributed by atoms with van der Waals surface area (Å²) in [6.07, 6.45) is 0. The molecule has 0 aromatic heterocycles. The Labute approximate surface area is 125 Å². The van der Waals surface area contributed by atoms with Crippen molar-refractivity contribution in [2.24, 2.45) is 5.92 Å². The van der Waals surface area contributed by atoms with Gasteiger partial charge in [0.05, 0.1) is 0 Å². The minimum atomic E-state index is 0.477. The van der Waals surface area contributed by atoms with Crippen LogP contribution < -0.4 is 5.32 Å². The lowest BCUT2D eigenvalue weighted by atomic mass is 9.95. The lowest BCUT2D eigenvalue weighted by Crippen LogP contribution is -2.57. The van der Waals surface area contributed by atoms with Gasteiger partial charge in [-0.2, -0.15) is 0 Å². The zero-order valence-corrected chi connectivity index (χ0v) is 13.9. The highest BCUT2D eigenvalue weighted by atomic mass is 79.9. The molecule has 0 spiro atoms. The molecule has 1 aromatic carbocycles. The predicted octanol–water partition coefficient (Wildman–Crippen LogP) is 3.83. The van der Waals surface area contributed by atoms with Gasteiger partial charge in [0.15, 0.2) is 0 Å². The number of hydrogen-bond donors (Lipinski definition) is 1. The monoisotopic (exact) mass is 324 g/mol. The second kappa shape index (κ2) is 6.38. The van der Waals surface area contributed by atoms with Gasteiger partial charge in [-0.25, -0.2) is 0 Å². The minimum absolute atomic E-state index is 0.477. The number of piperazine rings is 1. The maximum atomic E-state index is 3.61. The number of hydrogen-bond acceptors (Lipinski definition) is 2. The summed E-state index contributed by atoms with van der Waals surface area (Å²) in [5.74, 6) is 0.679. The molecule has 3 unspecified atom stereocenters. The highest BCUT2D eigenvalue weighted by Gasteiger charge is 2.31. The summed E-state index contributed by atoms with van der Waals surface area (Å²) in [6.45, 7) is 11.5. The summed E-state index contributed by atoms with van der Waals surface area (Å²) >= 11 is 3.51. The maximum Gasteiger partial charge on any atom is 0.0324 e. The normalized spacial score (nSPS) is 26.6. The van der Waals surface area contributed by atoms with E-state index in [9.17, 15) is 0 Å². The van der Waals surface area contributed by atoms with E-state index in [0.717, 1.165) is 17.6 Å². The molecule has 106 valence electrons. The van der Waals surface area contributed by atoms with Gasteiger partial charge < -0.3 is 5.32 Å². The van der Waals surface area contributed by atoms with Crippen LogP contribution in [-0.4, -0.2) is 30.1 Å². The van der Waals surface area contributed by atoms with Crippen molar-refractivity contribution >= 4 is 15.9 Å². The number of nitrogens with zero attached hydrogens (tertiary/aromatic N) is 1. The second-order valence-corrected chi connectivity index (χ2v) is 6.96. The molecule has 1 aliphatic rings. The van der Waals surface area contributed by atoms with E-state index >= 15 is 0 Å². The lowest BCUT2D eigenvalue weighted by Gasteiger charge is -2.45. The molecule has 1 aliphatic heterocycles. The predicted molar refractivity (Wildman–Crippen MR) is 85.4 cm³/mol. The Bertz CT molecular complexity index is 402. The zero-order valence-electron chi connectivity index (χ0n) is 12.4. The lowest BCUT2D eigenvalue weighted by molar-refractivity contribution is 0.0657. The Hall–Kier alpha value is -0.380. The van der Waals surface area contributed by atoms with Crippen LogP contribution in [0.15, 0.2) is 28.7 Å². The van der Waals surface area contributed by atoms with E-state index in [1.54, 1.807) is 0 Å². The van der Waals surface area contributed by atoms with Gasteiger partial charge in [-0.3, -0.25) is 4.90 Å². The average Bonchev–Trinajstić information content (AvgIpc) is 2.38. The first kappa shape index (κ1) is 15.0. The number of nitrogens with one attached hydrogen (secondary N) is 1. The smallest absolute Gasteiger partial charge is 0.0324 e. The van der Waals surface area contributed by atoms with E-state index in [1.165, 1.54) is 5.56 Å². The number of benzene rings is 1. The zero-order chi connectivity index (χ0) is 14.0. The molecule has 0 amide bonds. The van der Waals surface area contributed by atoms with Crippen LogP contribution >= 0.6 is 15.9 Å². The van der Waals surface area contributed by atoms with E-state index in [-0.39, 0.29) is 0 Å². The summed E-state index contributed by atoms with van der Waals surface area (Å²) in [5, 5.41) is 3.61. The van der Waals surface area contributed by atoms with Gasteiger partial charge in [-0.1, -0.05) is 41.9 Å². The third-order valence-corrected chi connectivity index (χ3v) is 4.73. The van der Waals surface area contributed by atoms with Crippen molar-refractivity contribution in [1.29, 1.82) is 0 Å². The second-order valence-electron chi connectivity index (χ2n) is 6.04. The topological polar surface area (TPSA) is 15.3 Å². The van der Waals surface area contributed by atoms with Crippen molar-refractivity contribution in [3.8, 4) is 0 Å². The molecule has 3 atom stereocenters. The van der Waals surface area contributed by atoms with Crippen molar-refractivity contribution in [2.45, 2.75) is 45.8 Å². The minimum Gasteiger partial charge on any atom is -0.311 e. The molecule has 0 radical (unpaired) electrons. The Balaban J connectivity index is 2.18. The molecular formula is C16H25BrN2. The van der Waals surface area contributed by atoms with E-state index in [2.05, 4.69) is 78.1 Å². The van der Waals surface area contributed by atoms with Crippen LogP contribution in [0.3, 0.4) is 0 Å². The van der Waals surface area contributed by atoms with E-state index < -0.39 is 0 Å². The van der Waals surface area contributed by atoms with Crippen molar-refractivity contribution in [2.75, 3.05) is 13.1 Å². The molecule has 0 aliphatic carbocycles. The van der Waals surface area contributed by atoms with Crippen molar-refractivity contribution < 1.29 is 0 Å². The Morgan fingerprint density at radius 1 is 1.21 bits per heavy atom. The molecule has 3 heteroatoms. The van der Waals surface area contributed by atoms with Crippen LogP contribution in [0.2, 0.25) is 0 Å². The van der Waals surface area contributed by atoms with Crippen LogP contribution in [0.25, 0.3) is 0 Å². The first-order valence-electron chi connectivity index (χ1n) is 7.23. The van der Waals surface area contributed by atoms with E-state index in [4.69, 9.17) is 0 Å². The van der Waals surface area contributed by atoms with Crippen LogP contribution in [0.5, 0.6) is 0 Å². The Morgan fingerprint density at radius 2 is 1.84 bits per heavy atom. The molecular weight excluding hydrogens is 300 g/mol. The van der Waals surface area contributed by atoms with Crippen LogP contribution in [-0.2, 0) is 0 Å². The molecule has 2 rings (SSSR count). The summed E-state index contributed by atoms with van der Waals surface area (Å²) < 4.78 is 1.15. The molecule has 1 saturated heterocycles. The standard InChI is InChI=1S/C16H25BrN2/c1-11(2)16-9-18-12(3)10-19(16)13(4)14-5-7-15(17)8-6-14/h5-8,11-13,16,18H,9-10H2,1-4H3. The molecule has 1 aromatic rings. The molecule has 2 nitrogen and oxygen atoms in total. The van der Waals surface area contributed by atoms with Gasteiger partial charge in [-0.15, -0.1) is 0 Å². The van der Waals surface area contributed by atoms with Gasteiger partial charge in [0.25, 0.3) is 0 Å². The maximum absolute atomic E-state index is 3.61.